The Morgan fingerprint density at radius 2 is 2.32 bits per heavy atom. The Labute approximate surface area is 116 Å². The predicted molar refractivity (Wildman–Crippen MR) is 74.6 cm³/mol. The highest BCUT2D eigenvalue weighted by atomic mass is 32.2. The number of nitrogens with one attached hydrogen (secondary N) is 3. The summed E-state index contributed by atoms with van der Waals surface area (Å²) in [5, 5.41) is 4.84. The second-order valence-electron chi connectivity index (χ2n) is 4.03. The Balaban J connectivity index is 1.93. The van der Waals surface area contributed by atoms with E-state index in [1.807, 2.05) is 12.4 Å². The first-order chi connectivity index (χ1) is 9.12. The van der Waals surface area contributed by atoms with Gasteiger partial charge in [0.15, 0.2) is 0 Å². The van der Waals surface area contributed by atoms with Gasteiger partial charge < -0.3 is 10.3 Å². The highest BCUT2D eigenvalue weighted by Crippen LogP contribution is 2.19. The summed E-state index contributed by atoms with van der Waals surface area (Å²) in [6.45, 7) is 1.02. The van der Waals surface area contributed by atoms with Crippen LogP contribution in [0.25, 0.3) is 0 Å². The van der Waals surface area contributed by atoms with Gasteiger partial charge in [0.05, 0.1) is 6.33 Å². The molecule has 2 heterocycles. The van der Waals surface area contributed by atoms with Crippen molar-refractivity contribution >= 4 is 21.4 Å². The highest BCUT2D eigenvalue weighted by Gasteiger charge is 2.16. The van der Waals surface area contributed by atoms with Crippen molar-refractivity contribution < 1.29 is 8.42 Å². The molecule has 0 spiro atoms. The molecule has 0 bridgehead atoms. The van der Waals surface area contributed by atoms with Crippen LogP contribution in [-0.2, 0) is 23.0 Å². The molecule has 0 atom stereocenters. The second-order valence-corrected chi connectivity index (χ2v) is 6.93. The van der Waals surface area contributed by atoms with Crippen LogP contribution in [0.2, 0.25) is 0 Å². The van der Waals surface area contributed by atoms with E-state index in [1.54, 1.807) is 18.6 Å². The van der Waals surface area contributed by atoms with Crippen LogP contribution in [0.3, 0.4) is 0 Å². The van der Waals surface area contributed by atoms with Crippen LogP contribution in [-0.4, -0.2) is 32.0 Å². The van der Waals surface area contributed by atoms with Crippen molar-refractivity contribution in [1.82, 2.24) is 20.0 Å². The summed E-state index contributed by atoms with van der Waals surface area (Å²) in [5.74, 6) is 0. The molecule has 2 rings (SSSR count). The molecule has 2 aromatic heterocycles. The quantitative estimate of drug-likeness (QED) is 0.703. The third-order valence-electron chi connectivity index (χ3n) is 2.52. The topological polar surface area (TPSA) is 86.9 Å². The molecule has 0 aliphatic carbocycles. The van der Waals surface area contributed by atoms with E-state index in [-0.39, 0.29) is 0 Å². The number of hydrogen-bond acceptors (Lipinski definition) is 5. The third kappa shape index (κ3) is 3.87. The zero-order valence-electron chi connectivity index (χ0n) is 10.5. The van der Waals surface area contributed by atoms with Crippen LogP contribution in [0.1, 0.15) is 11.3 Å². The second kappa shape index (κ2) is 6.29. The average molecular weight is 300 g/mol. The van der Waals surface area contributed by atoms with E-state index in [0.29, 0.717) is 23.7 Å². The number of hydrogen-bond donors (Lipinski definition) is 3. The first kappa shape index (κ1) is 14.2. The number of H-pyrrole nitrogens is 1. The molecule has 0 saturated heterocycles. The summed E-state index contributed by atoms with van der Waals surface area (Å²) in [7, 11) is -1.58. The van der Waals surface area contributed by atoms with E-state index < -0.39 is 10.0 Å². The molecule has 0 radical (unpaired) electrons. The van der Waals surface area contributed by atoms with Crippen molar-refractivity contribution in [3.63, 3.8) is 0 Å². The van der Waals surface area contributed by atoms with Crippen molar-refractivity contribution in [2.75, 3.05) is 13.6 Å². The van der Waals surface area contributed by atoms with E-state index in [4.69, 9.17) is 0 Å². The molecule has 6 nitrogen and oxygen atoms in total. The zero-order chi connectivity index (χ0) is 13.7. The normalized spacial score (nSPS) is 11.8. The first-order valence-electron chi connectivity index (χ1n) is 5.81. The number of thiophene rings is 1. The van der Waals surface area contributed by atoms with E-state index in [9.17, 15) is 8.42 Å². The van der Waals surface area contributed by atoms with E-state index in [0.717, 1.165) is 11.3 Å². The molecular weight excluding hydrogens is 284 g/mol. The van der Waals surface area contributed by atoms with Gasteiger partial charge in [-0.3, -0.25) is 0 Å². The van der Waals surface area contributed by atoms with Crippen LogP contribution < -0.4 is 10.0 Å². The molecule has 0 amide bonds. The minimum Gasteiger partial charge on any atom is -0.348 e. The molecule has 0 unspecified atom stereocenters. The number of sulfonamides is 1. The summed E-state index contributed by atoms with van der Waals surface area (Å²) in [6.07, 6.45) is 3.85. The van der Waals surface area contributed by atoms with Crippen molar-refractivity contribution in [2.45, 2.75) is 17.2 Å². The smallest absolute Gasteiger partial charge is 0.250 e. The van der Waals surface area contributed by atoms with E-state index in [2.05, 4.69) is 20.0 Å². The van der Waals surface area contributed by atoms with Gasteiger partial charge in [-0.25, -0.2) is 18.1 Å². The lowest BCUT2D eigenvalue weighted by Crippen LogP contribution is -2.25. The Morgan fingerprint density at radius 3 is 3.00 bits per heavy atom. The Bertz CT molecular complexity index is 604. The molecule has 0 aliphatic heterocycles. The summed E-state index contributed by atoms with van der Waals surface area (Å²) in [4.78, 5) is 6.81. The maximum Gasteiger partial charge on any atom is 0.250 e. The Kier molecular flexibility index (Phi) is 4.70. The fourth-order valence-electron chi connectivity index (χ4n) is 1.60. The number of rotatable bonds is 7. The predicted octanol–water partition coefficient (Wildman–Crippen LogP) is 0.712. The van der Waals surface area contributed by atoms with E-state index in [1.165, 1.54) is 11.3 Å². The number of aromatic nitrogens is 2. The zero-order valence-corrected chi connectivity index (χ0v) is 12.1. The van der Waals surface area contributed by atoms with Gasteiger partial charge in [-0.05, 0) is 24.1 Å². The fraction of sp³-hybridized carbons (Fsp3) is 0.364. The number of aromatic amines is 1. The highest BCUT2D eigenvalue weighted by molar-refractivity contribution is 7.91. The lowest BCUT2D eigenvalue weighted by atomic mass is 10.3. The Morgan fingerprint density at radius 1 is 1.47 bits per heavy atom. The number of imidazole rings is 1. The van der Waals surface area contributed by atoms with Gasteiger partial charge in [0.25, 0.3) is 0 Å². The van der Waals surface area contributed by atoms with Crippen LogP contribution in [0, 0.1) is 0 Å². The lowest BCUT2D eigenvalue weighted by molar-refractivity contribution is 0.583. The summed E-state index contributed by atoms with van der Waals surface area (Å²) < 4.78 is 27.0. The first-order valence-corrected chi connectivity index (χ1v) is 8.17. The van der Waals surface area contributed by atoms with Gasteiger partial charge >= 0.3 is 0 Å². The average Bonchev–Trinajstić information content (AvgIpc) is 3.00. The maximum atomic E-state index is 12.0. The molecule has 0 saturated carbocycles. The van der Waals surface area contributed by atoms with Crippen molar-refractivity contribution in [3.05, 3.63) is 35.2 Å². The monoisotopic (exact) mass is 300 g/mol. The molecule has 104 valence electrons. The SMILES string of the molecule is CNCc1csc(S(=O)(=O)NCCc2cnc[nH]2)c1. The minimum atomic E-state index is -3.40. The lowest BCUT2D eigenvalue weighted by Gasteiger charge is -2.03. The maximum absolute atomic E-state index is 12.0. The van der Waals surface area contributed by atoms with E-state index >= 15 is 0 Å². The van der Waals surface area contributed by atoms with Crippen molar-refractivity contribution in [3.8, 4) is 0 Å². The van der Waals surface area contributed by atoms with Crippen LogP contribution in [0.4, 0.5) is 0 Å². The fourth-order valence-corrected chi connectivity index (χ4v) is 3.89. The third-order valence-corrected chi connectivity index (χ3v) is 5.47. The standard InChI is InChI=1S/C11H16N4O2S2/c1-12-5-9-4-11(18-7-9)19(16,17)15-3-2-10-6-13-8-14-10/h4,6-8,12,15H,2-3,5H2,1H3,(H,13,14). The Hall–Kier alpha value is -1.22. The van der Waals surface area contributed by atoms with Crippen molar-refractivity contribution in [1.29, 1.82) is 0 Å². The van der Waals surface area contributed by atoms with Gasteiger partial charge in [0.2, 0.25) is 10.0 Å². The summed E-state index contributed by atoms with van der Waals surface area (Å²) in [6, 6.07) is 1.69. The summed E-state index contributed by atoms with van der Waals surface area (Å²) in [5.41, 5.74) is 1.88. The van der Waals surface area contributed by atoms with Gasteiger partial charge in [0.1, 0.15) is 4.21 Å². The van der Waals surface area contributed by atoms with Gasteiger partial charge in [-0.15, -0.1) is 11.3 Å². The molecular formula is C11H16N4O2S2. The summed E-state index contributed by atoms with van der Waals surface area (Å²) >= 11 is 1.23. The minimum absolute atomic E-state index is 0.349. The van der Waals surface area contributed by atoms with Crippen LogP contribution >= 0.6 is 11.3 Å². The molecule has 0 fully saturated rings. The van der Waals surface area contributed by atoms with Gasteiger partial charge in [0, 0.05) is 31.4 Å². The molecule has 2 aromatic rings. The number of nitrogens with zero attached hydrogens (tertiary/aromatic N) is 1. The molecule has 8 heteroatoms. The van der Waals surface area contributed by atoms with Gasteiger partial charge in [-0.1, -0.05) is 0 Å². The largest absolute Gasteiger partial charge is 0.348 e. The molecule has 19 heavy (non-hydrogen) atoms. The van der Waals surface area contributed by atoms with Crippen LogP contribution in [0.5, 0.6) is 0 Å². The van der Waals surface area contributed by atoms with Crippen molar-refractivity contribution in [2.24, 2.45) is 0 Å². The molecule has 0 aromatic carbocycles. The van der Waals surface area contributed by atoms with Gasteiger partial charge in [-0.2, -0.15) is 0 Å². The molecule has 0 aliphatic rings. The molecule has 3 N–H and O–H groups in total. The van der Waals surface area contributed by atoms with Crippen LogP contribution in [0.15, 0.2) is 28.2 Å².